The minimum absolute atomic E-state index is 0.923. The van der Waals surface area contributed by atoms with Gasteiger partial charge >= 0.3 is 0 Å². The van der Waals surface area contributed by atoms with E-state index in [4.69, 9.17) is 9.15 Å². The van der Waals surface area contributed by atoms with E-state index in [0.717, 1.165) is 39.2 Å². The van der Waals surface area contributed by atoms with Gasteiger partial charge in [0.15, 0.2) is 6.20 Å². The molecule has 23 heavy (non-hydrogen) atoms. The fourth-order valence-electron chi connectivity index (χ4n) is 3.78. The Morgan fingerprint density at radius 1 is 1.00 bits per heavy atom. The molecular formula is C20H16NO2+. The number of ether oxygens (including phenoxy) is 1. The second kappa shape index (κ2) is 4.13. The Morgan fingerprint density at radius 3 is 2.74 bits per heavy atom. The predicted molar refractivity (Wildman–Crippen MR) is 89.9 cm³/mol. The van der Waals surface area contributed by atoms with Crippen molar-refractivity contribution in [3.8, 4) is 22.8 Å². The summed E-state index contributed by atoms with van der Waals surface area (Å²) in [5.74, 6) is 1.87. The average molecular weight is 302 g/mol. The Balaban J connectivity index is 2.07. The molecule has 0 spiro atoms. The highest BCUT2D eigenvalue weighted by Crippen LogP contribution is 2.50. The van der Waals surface area contributed by atoms with E-state index in [1.165, 1.54) is 16.5 Å². The molecule has 1 aliphatic rings. The number of hydrogen-bond donors (Lipinski definition) is 0. The Kier molecular flexibility index (Phi) is 2.28. The van der Waals surface area contributed by atoms with Crippen LogP contribution in [0.25, 0.3) is 33.0 Å². The normalized spacial score (nSPS) is 12.5. The van der Waals surface area contributed by atoms with Gasteiger partial charge in [-0.2, -0.15) is 0 Å². The molecule has 0 saturated heterocycles. The average Bonchev–Trinajstić information content (AvgIpc) is 3.05. The summed E-state index contributed by atoms with van der Waals surface area (Å²) in [7, 11) is 2.09. The van der Waals surface area contributed by atoms with Crippen LogP contribution in [0.5, 0.6) is 11.5 Å². The quantitative estimate of drug-likeness (QED) is 0.384. The highest BCUT2D eigenvalue weighted by molar-refractivity contribution is 6.05. The highest BCUT2D eigenvalue weighted by atomic mass is 16.5. The van der Waals surface area contributed by atoms with Gasteiger partial charge in [-0.25, -0.2) is 4.57 Å². The summed E-state index contributed by atoms with van der Waals surface area (Å²) in [6.07, 6.45) is 3.86. The van der Waals surface area contributed by atoms with Crippen molar-refractivity contribution < 1.29 is 13.7 Å². The molecule has 2 aromatic heterocycles. The second-order valence-electron chi connectivity index (χ2n) is 6.22. The van der Waals surface area contributed by atoms with Crippen LogP contribution in [0.4, 0.5) is 0 Å². The number of benzene rings is 2. The predicted octanol–water partition coefficient (Wildman–Crippen LogP) is 4.80. The summed E-state index contributed by atoms with van der Waals surface area (Å²) in [6, 6.07) is 10.4. The molecular weight excluding hydrogens is 286 g/mol. The molecule has 0 saturated carbocycles. The third kappa shape index (κ3) is 1.47. The summed E-state index contributed by atoms with van der Waals surface area (Å²) in [5.41, 5.74) is 5.53. The maximum Gasteiger partial charge on any atom is 0.228 e. The van der Waals surface area contributed by atoms with Crippen LogP contribution in [-0.2, 0) is 7.05 Å². The van der Waals surface area contributed by atoms with Crippen molar-refractivity contribution >= 4 is 21.7 Å². The topological polar surface area (TPSA) is 26.2 Å². The maximum absolute atomic E-state index is 6.34. The van der Waals surface area contributed by atoms with Crippen molar-refractivity contribution in [1.82, 2.24) is 0 Å². The Labute approximate surface area is 133 Å². The van der Waals surface area contributed by atoms with Crippen LogP contribution in [0.15, 0.2) is 47.2 Å². The third-order valence-electron chi connectivity index (χ3n) is 4.93. The Morgan fingerprint density at radius 2 is 1.87 bits per heavy atom. The molecule has 1 aliphatic heterocycles. The van der Waals surface area contributed by atoms with Gasteiger partial charge in [0, 0.05) is 22.6 Å². The molecule has 3 heteroatoms. The van der Waals surface area contributed by atoms with Crippen LogP contribution in [0.2, 0.25) is 0 Å². The van der Waals surface area contributed by atoms with E-state index in [9.17, 15) is 0 Å². The molecule has 0 atom stereocenters. The lowest BCUT2D eigenvalue weighted by molar-refractivity contribution is -0.659. The van der Waals surface area contributed by atoms with Gasteiger partial charge in [0.25, 0.3) is 0 Å². The lowest BCUT2D eigenvalue weighted by Gasteiger charge is -2.22. The molecule has 4 aromatic rings. The maximum atomic E-state index is 6.34. The molecule has 3 heterocycles. The van der Waals surface area contributed by atoms with E-state index in [0.29, 0.717) is 0 Å². The molecule has 2 aromatic carbocycles. The first-order valence-corrected chi connectivity index (χ1v) is 7.77. The highest BCUT2D eigenvalue weighted by Gasteiger charge is 2.32. The molecule has 0 radical (unpaired) electrons. The zero-order valence-corrected chi connectivity index (χ0v) is 13.3. The van der Waals surface area contributed by atoms with Crippen LogP contribution in [0.1, 0.15) is 11.1 Å². The lowest BCUT2D eigenvalue weighted by atomic mass is 9.92. The first-order valence-electron chi connectivity index (χ1n) is 7.77. The van der Waals surface area contributed by atoms with Crippen LogP contribution in [0, 0.1) is 13.8 Å². The van der Waals surface area contributed by atoms with E-state index in [-0.39, 0.29) is 0 Å². The summed E-state index contributed by atoms with van der Waals surface area (Å²) in [5, 5.41) is 3.48. The Hall–Kier alpha value is -2.81. The van der Waals surface area contributed by atoms with Gasteiger partial charge < -0.3 is 9.15 Å². The lowest BCUT2D eigenvalue weighted by Crippen LogP contribution is -2.31. The third-order valence-corrected chi connectivity index (χ3v) is 4.93. The van der Waals surface area contributed by atoms with Gasteiger partial charge in [-0.05, 0) is 31.4 Å². The molecule has 0 amide bonds. The SMILES string of the molecule is Cc1c2c(c(C)c3occc13)-c1c3c(cccc3cc[n+]1C)O2. The molecule has 0 unspecified atom stereocenters. The smallest absolute Gasteiger partial charge is 0.228 e. The number of nitrogens with zero attached hydrogens (tertiary/aromatic N) is 1. The van der Waals surface area contributed by atoms with E-state index < -0.39 is 0 Å². The zero-order chi connectivity index (χ0) is 15.7. The monoisotopic (exact) mass is 302 g/mol. The molecule has 112 valence electrons. The minimum Gasteiger partial charge on any atom is -0.464 e. The zero-order valence-electron chi connectivity index (χ0n) is 13.3. The first kappa shape index (κ1) is 12.7. The number of hydrogen-bond acceptors (Lipinski definition) is 2. The van der Waals surface area contributed by atoms with E-state index in [1.54, 1.807) is 6.26 Å². The fourth-order valence-corrected chi connectivity index (χ4v) is 3.78. The van der Waals surface area contributed by atoms with Crippen LogP contribution >= 0.6 is 0 Å². The van der Waals surface area contributed by atoms with Crippen LogP contribution in [-0.4, -0.2) is 0 Å². The van der Waals surface area contributed by atoms with Gasteiger partial charge in [-0.1, -0.05) is 12.1 Å². The van der Waals surface area contributed by atoms with Crippen molar-refractivity contribution in [2.75, 3.05) is 0 Å². The number of rotatable bonds is 0. The van der Waals surface area contributed by atoms with E-state index in [1.807, 2.05) is 18.2 Å². The molecule has 0 fully saturated rings. The van der Waals surface area contributed by atoms with Crippen molar-refractivity contribution in [2.45, 2.75) is 13.8 Å². The Bertz CT molecular complexity index is 1120. The molecule has 0 bridgehead atoms. The van der Waals surface area contributed by atoms with E-state index in [2.05, 4.69) is 43.8 Å². The molecule has 0 N–H and O–H groups in total. The number of fused-ring (bicyclic) bond motifs is 3. The fraction of sp³-hybridized carbons (Fsp3) is 0.150. The van der Waals surface area contributed by atoms with Gasteiger partial charge in [0.2, 0.25) is 5.69 Å². The number of pyridine rings is 1. The first-order chi connectivity index (χ1) is 11.2. The van der Waals surface area contributed by atoms with Crippen molar-refractivity contribution in [3.63, 3.8) is 0 Å². The summed E-state index contributed by atoms with van der Waals surface area (Å²) in [4.78, 5) is 0. The molecule has 5 rings (SSSR count). The molecule has 3 nitrogen and oxygen atoms in total. The standard InChI is InChI=1S/C20H16NO2/c1-11-14-8-10-22-19(14)12(2)16-18-17-13(7-9-21(18)3)5-4-6-15(17)23-20(11)16/h4-10H,1-3H3/q+1. The molecule has 0 aliphatic carbocycles. The largest absolute Gasteiger partial charge is 0.464 e. The summed E-state index contributed by atoms with van der Waals surface area (Å²) in [6.45, 7) is 4.21. The summed E-state index contributed by atoms with van der Waals surface area (Å²) < 4.78 is 14.3. The van der Waals surface area contributed by atoms with Crippen LogP contribution in [0.3, 0.4) is 0 Å². The summed E-state index contributed by atoms with van der Waals surface area (Å²) >= 11 is 0. The van der Waals surface area contributed by atoms with E-state index >= 15 is 0 Å². The van der Waals surface area contributed by atoms with Crippen LogP contribution < -0.4 is 9.30 Å². The minimum atomic E-state index is 0.923. The number of aromatic nitrogens is 1. The number of aryl methyl sites for hydroxylation is 3. The van der Waals surface area contributed by atoms with Gasteiger partial charge in [-0.15, -0.1) is 0 Å². The second-order valence-corrected chi connectivity index (χ2v) is 6.22. The van der Waals surface area contributed by atoms with Gasteiger partial charge in [0.05, 0.1) is 17.2 Å². The van der Waals surface area contributed by atoms with Crippen molar-refractivity contribution in [1.29, 1.82) is 0 Å². The van der Waals surface area contributed by atoms with Crippen molar-refractivity contribution in [3.05, 3.63) is 53.9 Å². The van der Waals surface area contributed by atoms with Gasteiger partial charge in [0.1, 0.15) is 24.1 Å². The van der Waals surface area contributed by atoms with Crippen molar-refractivity contribution in [2.24, 2.45) is 7.05 Å². The number of furan rings is 1. The van der Waals surface area contributed by atoms with Gasteiger partial charge in [-0.3, -0.25) is 0 Å².